The number of hydrogen-bond donors (Lipinski definition) is 6. The third-order valence-electron chi connectivity index (χ3n) is 5.89. The largest absolute Gasteiger partial charge is 0.491 e. The second-order valence-corrected chi connectivity index (χ2v) is 9.60. The second kappa shape index (κ2) is 19.1. The van der Waals surface area contributed by atoms with Crippen LogP contribution in [0.25, 0.3) is 0 Å². The van der Waals surface area contributed by atoms with Crippen molar-refractivity contribution in [3.63, 3.8) is 0 Å². The molecule has 0 radical (unpaired) electrons. The van der Waals surface area contributed by atoms with Crippen LogP contribution in [0.2, 0.25) is 0 Å². The average molecular weight is 605 g/mol. The van der Waals surface area contributed by atoms with Gasteiger partial charge in [-0.3, -0.25) is 0 Å². The SMILES string of the molecule is OCC(O)COc1ccc(COC(OCc2ccc(OCC(O)CO)cc2)OCc2ccc(OCC(O)CO)cc2)cc1. The van der Waals surface area contributed by atoms with Crippen molar-refractivity contribution < 1.29 is 59.1 Å². The summed E-state index contributed by atoms with van der Waals surface area (Å²) in [5.41, 5.74) is 2.47. The van der Waals surface area contributed by atoms with Gasteiger partial charge in [-0.25, -0.2) is 0 Å². The van der Waals surface area contributed by atoms with Crippen LogP contribution >= 0.6 is 0 Å². The molecule has 6 N–H and O–H groups in total. The first-order valence-electron chi connectivity index (χ1n) is 13.7. The first-order chi connectivity index (χ1) is 20.9. The van der Waals surface area contributed by atoms with E-state index in [0.29, 0.717) is 17.2 Å². The van der Waals surface area contributed by atoms with Crippen LogP contribution in [0.3, 0.4) is 0 Å². The van der Waals surface area contributed by atoms with E-state index in [1.54, 1.807) is 72.8 Å². The minimum atomic E-state index is -1.03. The zero-order chi connectivity index (χ0) is 30.9. The molecular weight excluding hydrogens is 564 g/mol. The van der Waals surface area contributed by atoms with Gasteiger partial charge < -0.3 is 59.1 Å². The van der Waals surface area contributed by atoms with Gasteiger partial charge in [0.25, 0.3) is 6.48 Å². The number of ether oxygens (including phenoxy) is 6. The highest BCUT2D eigenvalue weighted by Gasteiger charge is 2.13. The predicted octanol–water partition coefficient (Wildman–Crippen LogP) is 1.12. The number of rotatable bonds is 21. The molecule has 0 amide bonds. The van der Waals surface area contributed by atoms with Crippen molar-refractivity contribution >= 4 is 0 Å². The number of benzene rings is 3. The van der Waals surface area contributed by atoms with Gasteiger partial charge in [0.2, 0.25) is 0 Å². The normalized spacial score (nSPS) is 14.1. The molecule has 12 heteroatoms. The van der Waals surface area contributed by atoms with E-state index in [1.165, 1.54) is 0 Å². The van der Waals surface area contributed by atoms with Crippen molar-refractivity contribution in [1.82, 2.24) is 0 Å². The van der Waals surface area contributed by atoms with Crippen molar-refractivity contribution in [3.8, 4) is 17.2 Å². The fraction of sp³-hybridized carbons (Fsp3) is 0.419. The van der Waals surface area contributed by atoms with Crippen LogP contribution in [0.1, 0.15) is 16.7 Å². The molecule has 0 spiro atoms. The molecule has 0 aliphatic rings. The Hall–Kier alpha value is -3.30. The van der Waals surface area contributed by atoms with E-state index in [0.717, 1.165) is 16.7 Å². The van der Waals surface area contributed by atoms with Crippen LogP contribution in [0, 0.1) is 0 Å². The summed E-state index contributed by atoms with van der Waals surface area (Å²) in [5.74, 6) is 1.62. The molecule has 0 fully saturated rings. The van der Waals surface area contributed by atoms with Gasteiger partial charge in [-0.05, 0) is 53.1 Å². The Kier molecular flexibility index (Phi) is 15.2. The summed E-state index contributed by atoms with van der Waals surface area (Å²) in [4.78, 5) is 0. The van der Waals surface area contributed by atoms with E-state index in [4.69, 9.17) is 43.7 Å². The van der Waals surface area contributed by atoms with Gasteiger partial charge in [0, 0.05) is 0 Å². The molecule has 3 atom stereocenters. The van der Waals surface area contributed by atoms with Crippen LogP contribution < -0.4 is 14.2 Å². The van der Waals surface area contributed by atoms with Crippen LogP contribution in [0.4, 0.5) is 0 Å². The summed E-state index contributed by atoms with van der Waals surface area (Å²) in [5, 5.41) is 55.1. The molecule has 236 valence electrons. The monoisotopic (exact) mass is 604 g/mol. The maximum Gasteiger partial charge on any atom is 0.272 e. The molecule has 0 aliphatic carbocycles. The molecule has 0 saturated carbocycles. The highest BCUT2D eigenvalue weighted by atomic mass is 16.8. The molecule has 0 bridgehead atoms. The Morgan fingerprint density at radius 1 is 0.419 bits per heavy atom. The Morgan fingerprint density at radius 3 is 0.907 bits per heavy atom. The molecule has 0 heterocycles. The van der Waals surface area contributed by atoms with Gasteiger partial charge in [-0.15, -0.1) is 0 Å². The van der Waals surface area contributed by atoms with Crippen molar-refractivity contribution in [2.45, 2.75) is 44.6 Å². The molecule has 43 heavy (non-hydrogen) atoms. The van der Waals surface area contributed by atoms with E-state index in [2.05, 4.69) is 0 Å². The fourth-order valence-corrected chi connectivity index (χ4v) is 3.42. The lowest BCUT2D eigenvalue weighted by molar-refractivity contribution is -0.302. The van der Waals surface area contributed by atoms with Crippen molar-refractivity contribution in [3.05, 3.63) is 89.5 Å². The van der Waals surface area contributed by atoms with Gasteiger partial charge in [0.1, 0.15) is 55.4 Å². The molecule has 0 aliphatic heterocycles. The Balaban J connectivity index is 1.56. The lowest BCUT2D eigenvalue weighted by atomic mass is 10.2. The van der Waals surface area contributed by atoms with Gasteiger partial charge in [-0.1, -0.05) is 36.4 Å². The van der Waals surface area contributed by atoms with Crippen molar-refractivity contribution in [1.29, 1.82) is 0 Å². The third kappa shape index (κ3) is 13.3. The summed E-state index contributed by atoms with van der Waals surface area (Å²) < 4.78 is 34.0. The number of aliphatic hydroxyl groups is 6. The molecular formula is C31H40O12. The zero-order valence-electron chi connectivity index (χ0n) is 23.7. The van der Waals surface area contributed by atoms with Crippen molar-refractivity contribution in [2.24, 2.45) is 0 Å². The van der Waals surface area contributed by atoms with E-state index >= 15 is 0 Å². The third-order valence-corrected chi connectivity index (χ3v) is 5.89. The van der Waals surface area contributed by atoms with E-state index in [9.17, 15) is 15.3 Å². The quantitative estimate of drug-likeness (QED) is 0.0957. The van der Waals surface area contributed by atoms with E-state index in [-0.39, 0.29) is 59.5 Å². The standard InChI is InChI=1S/C31H40O12/c32-13-25(35)19-38-28-7-1-22(2-8-28)16-41-31(42-17-23-3-9-29(10-4-23)39-20-26(36)14-33)43-18-24-5-11-30(12-6-24)40-21-27(37)15-34/h1-12,25-27,31-37H,13-21H2. The van der Waals surface area contributed by atoms with Gasteiger partial charge in [0.15, 0.2) is 0 Å². The van der Waals surface area contributed by atoms with Crippen LogP contribution in [0.5, 0.6) is 17.2 Å². The van der Waals surface area contributed by atoms with Gasteiger partial charge in [-0.2, -0.15) is 0 Å². The van der Waals surface area contributed by atoms with E-state index in [1.807, 2.05) is 0 Å². The summed E-state index contributed by atoms with van der Waals surface area (Å²) in [6, 6.07) is 21.2. The Morgan fingerprint density at radius 2 is 0.674 bits per heavy atom. The maximum atomic E-state index is 9.45. The maximum absolute atomic E-state index is 9.45. The highest BCUT2D eigenvalue weighted by Crippen LogP contribution is 2.18. The summed E-state index contributed by atoms with van der Waals surface area (Å²) in [7, 11) is 0. The molecule has 0 saturated heterocycles. The van der Waals surface area contributed by atoms with E-state index < -0.39 is 24.8 Å². The molecule has 3 rings (SSSR count). The predicted molar refractivity (Wildman–Crippen MR) is 153 cm³/mol. The van der Waals surface area contributed by atoms with Gasteiger partial charge >= 0.3 is 0 Å². The number of aliphatic hydroxyl groups excluding tert-OH is 6. The molecule has 0 aromatic heterocycles. The van der Waals surface area contributed by atoms with Crippen molar-refractivity contribution in [2.75, 3.05) is 39.6 Å². The first kappa shape index (κ1) is 34.2. The van der Waals surface area contributed by atoms with Crippen LogP contribution in [0.15, 0.2) is 72.8 Å². The summed E-state index contributed by atoms with van der Waals surface area (Å²) >= 11 is 0. The second-order valence-electron chi connectivity index (χ2n) is 9.60. The van der Waals surface area contributed by atoms with Crippen LogP contribution in [-0.2, 0) is 34.0 Å². The lowest BCUT2D eigenvalue weighted by Gasteiger charge is -2.20. The smallest absolute Gasteiger partial charge is 0.272 e. The molecule has 12 nitrogen and oxygen atoms in total. The first-order valence-corrected chi connectivity index (χ1v) is 13.7. The highest BCUT2D eigenvalue weighted by molar-refractivity contribution is 5.28. The Bertz CT molecular complexity index is 995. The molecule has 3 aromatic carbocycles. The number of hydrogen-bond acceptors (Lipinski definition) is 12. The minimum Gasteiger partial charge on any atom is -0.491 e. The molecule has 3 aromatic rings. The molecule has 3 unspecified atom stereocenters. The Labute approximate surface area is 250 Å². The van der Waals surface area contributed by atoms with Crippen LogP contribution in [-0.4, -0.2) is 95.1 Å². The summed E-state index contributed by atoms with van der Waals surface area (Å²) in [6.07, 6.45) is -2.86. The average Bonchev–Trinajstić information content (AvgIpc) is 3.05. The van der Waals surface area contributed by atoms with Gasteiger partial charge in [0.05, 0.1) is 39.6 Å². The zero-order valence-corrected chi connectivity index (χ0v) is 23.7. The topological polar surface area (TPSA) is 177 Å². The lowest BCUT2D eigenvalue weighted by Crippen LogP contribution is -2.22. The fourth-order valence-electron chi connectivity index (χ4n) is 3.42. The minimum absolute atomic E-state index is 0.0223. The summed E-state index contributed by atoms with van der Waals surface area (Å²) in [6.45, 7) is -1.73.